The third kappa shape index (κ3) is 7.61. The van der Waals surface area contributed by atoms with E-state index < -0.39 is 6.10 Å². The summed E-state index contributed by atoms with van der Waals surface area (Å²) >= 11 is 0. The number of rotatable bonds is 11. The van der Waals surface area contributed by atoms with E-state index in [9.17, 15) is 5.11 Å². The van der Waals surface area contributed by atoms with Gasteiger partial charge in [0, 0.05) is 45.9 Å². The molecule has 2 N–H and O–H groups in total. The van der Waals surface area contributed by atoms with Gasteiger partial charge >= 0.3 is 0 Å². The number of piperidine rings is 1. The number of β-amino-alcohol motifs (C(OH)–C–C–N with tert-alkyl or cyclic N) is 1. The number of likely N-dealkylation sites (tertiary alicyclic amines) is 1. The normalized spacial score (nSPS) is 20.6. The van der Waals surface area contributed by atoms with E-state index in [0.717, 1.165) is 77.4 Å². The van der Waals surface area contributed by atoms with Crippen LogP contribution in [0.1, 0.15) is 31.7 Å². The molecule has 2 aliphatic rings. The Labute approximate surface area is 187 Å². The van der Waals surface area contributed by atoms with E-state index in [2.05, 4.69) is 27.7 Å². The van der Waals surface area contributed by atoms with Gasteiger partial charge in [-0.2, -0.15) is 0 Å². The Bertz CT molecular complexity index is 644. The predicted octanol–water partition coefficient (Wildman–Crippen LogP) is 1.67. The molecule has 7 nitrogen and oxygen atoms in total. The SMILES string of the molecule is CCN1CCN(CC(O)COc2ccc(CN3CCC(CCO)CC3)cc2OC)CC1. The van der Waals surface area contributed by atoms with Gasteiger partial charge in [0.05, 0.1) is 7.11 Å². The fourth-order valence-corrected chi connectivity index (χ4v) is 4.63. The molecule has 0 radical (unpaired) electrons. The van der Waals surface area contributed by atoms with Gasteiger partial charge in [-0.25, -0.2) is 0 Å². The van der Waals surface area contributed by atoms with Crippen molar-refractivity contribution < 1.29 is 19.7 Å². The topological polar surface area (TPSA) is 68.6 Å². The van der Waals surface area contributed by atoms with Crippen molar-refractivity contribution in [2.45, 2.75) is 38.8 Å². The highest BCUT2D eigenvalue weighted by Gasteiger charge is 2.20. The van der Waals surface area contributed by atoms with Gasteiger partial charge < -0.3 is 24.6 Å². The summed E-state index contributed by atoms with van der Waals surface area (Å²) in [6.07, 6.45) is 2.72. The Morgan fingerprint density at radius 2 is 1.71 bits per heavy atom. The molecule has 2 fully saturated rings. The maximum absolute atomic E-state index is 10.4. The number of hydrogen-bond acceptors (Lipinski definition) is 7. The second-order valence-electron chi connectivity index (χ2n) is 8.92. The lowest BCUT2D eigenvalue weighted by Gasteiger charge is -2.34. The summed E-state index contributed by atoms with van der Waals surface area (Å²) in [5.41, 5.74) is 1.21. The molecule has 0 bridgehead atoms. The van der Waals surface area contributed by atoms with E-state index in [4.69, 9.17) is 14.6 Å². The molecule has 7 heteroatoms. The average molecular weight is 436 g/mol. The monoisotopic (exact) mass is 435 g/mol. The van der Waals surface area contributed by atoms with Crippen molar-refractivity contribution in [3.63, 3.8) is 0 Å². The Morgan fingerprint density at radius 1 is 1.00 bits per heavy atom. The molecule has 1 unspecified atom stereocenters. The Balaban J connectivity index is 1.44. The van der Waals surface area contributed by atoms with Crippen LogP contribution in [0.4, 0.5) is 0 Å². The summed E-state index contributed by atoms with van der Waals surface area (Å²) in [7, 11) is 1.66. The number of piperazine rings is 1. The third-order valence-corrected chi connectivity index (χ3v) is 6.69. The van der Waals surface area contributed by atoms with Crippen LogP contribution < -0.4 is 9.47 Å². The zero-order chi connectivity index (χ0) is 22.1. The average Bonchev–Trinajstić information content (AvgIpc) is 2.80. The van der Waals surface area contributed by atoms with Crippen molar-refractivity contribution in [1.82, 2.24) is 14.7 Å². The quantitative estimate of drug-likeness (QED) is 0.548. The first-order chi connectivity index (χ1) is 15.1. The lowest BCUT2D eigenvalue weighted by Crippen LogP contribution is -2.49. The Kier molecular flexibility index (Phi) is 9.87. The zero-order valence-corrected chi connectivity index (χ0v) is 19.3. The molecule has 0 spiro atoms. The maximum atomic E-state index is 10.4. The largest absolute Gasteiger partial charge is 0.493 e. The molecular weight excluding hydrogens is 394 g/mol. The number of benzene rings is 1. The van der Waals surface area contributed by atoms with Crippen LogP contribution in [0, 0.1) is 5.92 Å². The molecule has 0 aliphatic carbocycles. The van der Waals surface area contributed by atoms with Gasteiger partial charge in [-0.05, 0) is 62.5 Å². The van der Waals surface area contributed by atoms with Gasteiger partial charge in [-0.3, -0.25) is 9.80 Å². The first-order valence-electron chi connectivity index (χ1n) is 11.9. The number of methoxy groups -OCH3 is 1. The molecule has 176 valence electrons. The number of aliphatic hydroxyl groups excluding tert-OH is 2. The summed E-state index contributed by atoms with van der Waals surface area (Å²) in [4.78, 5) is 7.21. The van der Waals surface area contributed by atoms with Crippen LogP contribution in [0.3, 0.4) is 0 Å². The van der Waals surface area contributed by atoms with Crippen molar-refractivity contribution in [3.8, 4) is 11.5 Å². The Morgan fingerprint density at radius 3 is 2.35 bits per heavy atom. The van der Waals surface area contributed by atoms with E-state index in [1.807, 2.05) is 12.1 Å². The number of ether oxygens (including phenoxy) is 2. The fraction of sp³-hybridized carbons (Fsp3) is 0.750. The van der Waals surface area contributed by atoms with Crippen molar-refractivity contribution in [2.24, 2.45) is 5.92 Å². The summed E-state index contributed by atoms with van der Waals surface area (Å²) < 4.78 is 11.5. The molecule has 3 rings (SSSR count). The molecule has 0 amide bonds. The predicted molar refractivity (Wildman–Crippen MR) is 123 cm³/mol. The zero-order valence-electron chi connectivity index (χ0n) is 19.3. The van der Waals surface area contributed by atoms with Gasteiger partial charge in [0.15, 0.2) is 11.5 Å². The second kappa shape index (κ2) is 12.6. The van der Waals surface area contributed by atoms with E-state index in [-0.39, 0.29) is 6.61 Å². The molecule has 1 atom stereocenters. The van der Waals surface area contributed by atoms with Crippen molar-refractivity contribution in [1.29, 1.82) is 0 Å². The van der Waals surface area contributed by atoms with Crippen molar-refractivity contribution in [2.75, 3.05) is 72.7 Å². The van der Waals surface area contributed by atoms with E-state index >= 15 is 0 Å². The lowest BCUT2D eigenvalue weighted by molar-refractivity contribution is 0.0464. The van der Waals surface area contributed by atoms with Crippen LogP contribution in [-0.4, -0.2) is 104 Å². The van der Waals surface area contributed by atoms with Gasteiger partial charge in [-0.1, -0.05) is 13.0 Å². The van der Waals surface area contributed by atoms with Gasteiger partial charge in [0.2, 0.25) is 0 Å². The molecule has 1 aromatic carbocycles. The summed E-state index contributed by atoms with van der Waals surface area (Å²) in [6.45, 7) is 11.7. The third-order valence-electron chi connectivity index (χ3n) is 6.69. The van der Waals surface area contributed by atoms with E-state index in [1.165, 1.54) is 5.56 Å². The van der Waals surface area contributed by atoms with Crippen LogP contribution in [0.25, 0.3) is 0 Å². The lowest BCUT2D eigenvalue weighted by atomic mass is 9.94. The first-order valence-corrected chi connectivity index (χ1v) is 11.9. The van der Waals surface area contributed by atoms with E-state index in [0.29, 0.717) is 24.8 Å². The molecule has 2 saturated heterocycles. The minimum Gasteiger partial charge on any atom is -0.493 e. The molecule has 0 saturated carbocycles. The van der Waals surface area contributed by atoms with Crippen molar-refractivity contribution >= 4 is 0 Å². The summed E-state index contributed by atoms with van der Waals surface area (Å²) in [5, 5.41) is 19.6. The number of aliphatic hydroxyl groups is 2. The van der Waals surface area contributed by atoms with Crippen LogP contribution in [0.2, 0.25) is 0 Å². The molecular formula is C24H41N3O4. The smallest absolute Gasteiger partial charge is 0.161 e. The van der Waals surface area contributed by atoms with Gasteiger partial charge in [-0.15, -0.1) is 0 Å². The van der Waals surface area contributed by atoms with Crippen LogP contribution in [-0.2, 0) is 6.54 Å². The van der Waals surface area contributed by atoms with Crippen LogP contribution in [0.5, 0.6) is 11.5 Å². The number of likely N-dealkylation sites (N-methyl/N-ethyl adjacent to an activating group) is 1. The minimum atomic E-state index is -0.516. The standard InChI is InChI=1S/C24H41N3O4/c1-3-25-11-13-27(14-12-25)18-22(29)19-31-23-5-4-21(16-24(23)30-2)17-26-9-6-20(7-10-26)8-15-28/h4-5,16,20,22,28-29H,3,6-15,17-19H2,1-2H3. The van der Waals surface area contributed by atoms with Crippen LogP contribution >= 0.6 is 0 Å². The first kappa shape index (κ1) is 24.3. The second-order valence-corrected chi connectivity index (χ2v) is 8.92. The highest BCUT2D eigenvalue weighted by Crippen LogP contribution is 2.29. The van der Waals surface area contributed by atoms with Gasteiger partial charge in [0.1, 0.15) is 12.7 Å². The highest BCUT2D eigenvalue weighted by atomic mass is 16.5. The molecule has 2 aliphatic heterocycles. The fourth-order valence-electron chi connectivity index (χ4n) is 4.63. The number of hydrogen-bond donors (Lipinski definition) is 2. The maximum Gasteiger partial charge on any atom is 0.161 e. The summed E-state index contributed by atoms with van der Waals surface area (Å²) in [5.74, 6) is 2.06. The Hall–Kier alpha value is -1.38. The molecule has 31 heavy (non-hydrogen) atoms. The van der Waals surface area contributed by atoms with Crippen LogP contribution in [0.15, 0.2) is 18.2 Å². The molecule has 0 aromatic heterocycles. The highest BCUT2D eigenvalue weighted by molar-refractivity contribution is 5.43. The number of nitrogens with zero attached hydrogens (tertiary/aromatic N) is 3. The molecule has 2 heterocycles. The van der Waals surface area contributed by atoms with Gasteiger partial charge in [0.25, 0.3) is 0 Å². The van der Waals surface area contributed by atoms with E-state index in [1.54, 1.807) is 7.11 Å². The van der Waals surface area contributed by atoms with Crippen molar-refractivity contribution in [3.05, 3.63) is 23.8 Å². The molecule has 1 aromatic rings. The minimum absolute atomic E-state index is 0.266. The summed E-state index contributed by atoms with van der Waals surface area (Å²) in [6, 6.07) is 6.10.